The molecule has 0 unspecified atom stereocenters. The highest BCUT2D eigenvalue weighted by Gasteiger charge is 2.26. The van der Waals surface area contributed by atoms with Gasteiger partial charge in [0, 0.05) is 22.7 Å². The molecule has 0 spiro atoms. The van der Waals surface area contributed by atoms with Gasteiger partial charge in [-0.3, -0.25) is 15.1 Å². The van der Waals surface area contributed by atoms with Crippen LogP contribution in [0.15, 0.2) is 48.7 Å². The number of hydrogen-bond donors (Lipinski definition) is 1. The minimum atomic E-state index is -0.263. The van der Waals surface area contributed by atoms with E-state index in [1.807, 2.05) is 36.5 Å². The molecule has 0 aliphatic rings. The van der Waals surface area contributed by atoms with Crippen molar-refractivity contribution in [2.24, 2.45) is 0 Å². The van der Waals surface area contributed by atoms with Crippen molar-refractivity contribution in [2.45, 2.75) is 45.4 Å². The average molecular weight is 320 g/mol. The normalized spacial score (nSPS) is 12.4. The number of aromatic amines is 1. The lowest BCUT2D eigenvalue weighted by Gasteiger charge is -2.23. The van der Waals surface area contributed by atoms with Crippen LogP contribution in [0.25, 0.3) is 11.4 Å². The van der Waals surface area contributed by atoms with Crippen LogP contribution in [-0.4, -0.2) is 20.2 Å². The molecule has 0 saturated carbocycles. The van der Waals surface area contributed by atoms with E-state index < -0.39 is 0 Å². The molecular weight excluding hydrogens is 296 g/mol. The topological polar surface area (TPSA) is 54.5 Å². The molecule has 0 fully saturated rings. The second-order valence-electron chi connectivity index (χ2n) is 7.66. The van der Waals surface area contributed by atoms with Crippen molar-refractivity contribution in [3.8, 4) is 11.4 Å². The molecule has 0 atom stereocenters. The molecule has 3 aromatic rings. The number of H-pyrrole nitrogens is 1. The van der Waals surface area contributed by atoms with Crippen LogP contribution in [-0.2, 0) is 10.8 Å². The summed E-state index contributed by atoms with van der Waals surface area (Å²) in [6.45, 7) is 10.8. The Labute approximate surface area is 143 Å². The van der Waals surface area contributed by atoms with Gasteiger partial charge >= 0.3 is 0 Å². The number of aromatic nitrogens is 4. The summed E-state index contributed by atoms with van der Waals surface area (Å²) in [6, 6.07) is 14.2. The van der Waals surface area contributed by atoms with E-state index >= 15 is 0 Å². The maximum absolute atomic E-state index is 4.86. The average Bonchev–Trinajstić information content (AvgIpc) is 3.06. The summed E-state index contributed by atoms with van der Waals surface area (Å²) >= 11 is 0. The van der Waals surface area contributed by atoms with Gasteiger partial charge in [0.1, 0.15) is 5.69 Å². The molecule has 0 radical (unpaired) electrons. The van der Waals surface area contributed by atoms with Crippen LogP contribution >= 0.6 is 0 Å². The smallest absolute Gasteiger partial charge is 0.111 e. The Kier molecular flexibility index (Phi) is 3.99. The minimum Gasteiger partial charge on any atom is -0.281 e. The van der Waals surface area contributed by atoms with E-state index in [1.165, 1.54) is 0 Å². The third-order valence-corrected chi connectivity index (χ3v) is 4.34. The Hall–Kier alpha value is -2.49. The van der Waals surface area contributed by atoms with E-state index in [2.05, 4.69) is 61.9 Å². The summed E-state index contributed by atoms with van der Waals surface area (Å²) in [7, 11) is 0. The molecule has 3 heterocycles. The lowest BCUT2D eigenvalue weighted by Crippen LogP contribution is -2.22. The van der Waals surface area contributed by atoms with E-state index in [4.69, 9.17) is 4.98 Å². The summed E-state index contributed by atoms with van der Waals surface area (Å²) in [6.07, 6.45) is 1.82. The van der Waals surface area contributed by atoms with Gasteiger partial charge in [0.05, 0.1) is 17.1 Å². The van der Waals surface area contributed by atoms with Gasteiger partial charge in [0.15, 0.2) is 0 Å². The van der Waals surface area contributed by atoms with Gasteiger partial charge in [0.25, 0.3) is 0 Å². The standard InChI is InChI=1S/C20H24N4/c1-19(2,3)18-13-15(23-24-18)14-9-8-11-17(22-14)20(4,5)16-10-6-7-12-21-16/h6-13H,1-5H3,(H,23,24). The third kappa shape index (κ3) is 3.09. The Morgan fingerprint density at radius 1 is 0.833 bits per heavy atom. The highest BCUT2D eigenvalue weighted by atomic mass is 15.1. The molecule has 1 N–H and O–H groups in total. The van der Waals surface area contributed by atoms with Crippen molar-refractivity contribution in [3.63, 3.8) is 0 Å². The van der Waals surface area contributed by atoms with Crippen molar-refractivity contribution in [1.82, 2.24) is 20.2 Å². The van der Waals surface area contributed by atoms with Crippen LogP contribution in [0.5, 0.6) is 0 Å². The zero-order chi connectivity index (χ0) is 17.4. The molecular formula is C20H24N4. The van der Waals surface area contributed by atoms with Crippen LogP contribution in [0.1, 0.15) is 51.7 Å². The fraction of sp³-hybridized carbons (Fsp3) is 0.350. The van der Waals surface area contributed by atoms with Crippen molar-refractivity contribution < 1.29 is 0 Å². The maximum atomic E-state index is 4.86. The van der Waals surface area contributed by atoms with Gasteiger partial charge in [-0.2, -0.15) is 5.10 Å². The van der Waals surface area contributed by atoms with Gasteiger partial charge in [-0.25, -0.2) is 0 Å². The van der Waals surface area contributed by atoms with Gasteiger partial charge in [-0.1, -0.05) is 32.9 Å². The number of pyridine rings is 2. The Morgan fingerprint density at radius 2 is 1.58 bits per heavy atom. The molecule has 0 aliphatic carbocycles. The van der Waals surface area contributed by atoms with Crippen LogP contribution in [0, 0.1) is 0 Å². The van der Waals surface area contributed by atoms with E-state index in [0.717, 1.165) is 28.5 Å². The van der Waals surface area contributed by atoms with E-state index in [0.29, 0.717) is 0 Å². The van der Waals surface area contributed by atoms with Crippen LogP contribution < -0.4 is 0 Å². The van der Waals surface area contributed by atoms with Crippen molar-refractivity contribution in [1.29, 1.82) is 0 Å². The number of nitrogens with one attached hydrogen (secondary N) is 1. The van der Waals surface area contributed by atoms with Gasteiger partial charge in [-0.15, -0.1) is 0 Å². The first-order chi connectivity index (χ1) is 11.3. The zero-order valence-electron chi connectivity index (χ0n) is 15.0. The van der Waals surface area contributed by atoms with Gasteiger partial charge in [0.2, 0.25) is 0 Å². The molecule has 0 saturated heterocycles. The SMILES string of the molecule is CC(C)(C)c1cc(-c2cccc(C(C)(C)c3ccccn3)n2)n[nH]1. The molecule has 3 aromatic heterocycles. The lowest BCUT2D eigenvalue weighted by atomic mass is 9.84. The predicted octanol–water partition coefficient (Wildman–Crippen LogP) is 4.49. The zero-order valence-corrected chi connectivity index (χ0v) is 15.0. The molecule has 4 nitrogen and oxygen atoms in total. The maximum Gasteiger partial charge on any atom is 0.111 e. The summed E-state index contributed by atoms with van der Waals surface area (Å²) in [4.78, 5) is 9.37. The number of hydrogen-bond acceptors (Lipinski definition) is 3. The van der Waals surface area contributed by atoms with Crippen molar-refractivity contribution >= 4 is 0 Å². The molecule has 124 valence electrons. The molecule has 0 amide bonds. The molecule has 0 bridgehead atoms. The molecule has 4 heteroatoms. The fourth-order valence-electron chi connectivity index (χ4n) is 2.63. The second kappa shape index (κ2) is 5.86. The van der Waals surface area contributed by atoms with Crippen molar-refractivity contribution in [2.75, 3.05) is 0 Å². The third-order valence-electron chi connectivity index (χ3n) is 4.34. The summed E-state index contributed by atoms with van der Waals surface area (Å²) < 4.78 is 0. The Balaban J connectivity index is 1.99. The highest BCUT2D eigenvalue weighted by Crippen LogP contribution is 2.30. The van der Waals surface area contributed by atoms with Crippen LogP contribution in [0.4, 0.5) is 0 Å². The van der Waals surface area contributed by atoms with E-state index in [1.54, 1.807) is 0 Å². The summed E-state index contributed by atoms with van der Waals surface area (Å²) in [5.74, 6) is 0. The van der Waals surface area contributed by atoms with Gasteiger partial charge < -0.3 is 0 Å². The first kappa shape index (κ1) is 16.4. The quantitative estimate of drug-likeness (QED) is 0.773. The lowest BCUT2D eigenvalue weighted by molar-refractivity contribution is 0.567. The number of rotatable bonds is 3. The molecule has 3 rings (SSSR count). The highest BCUT2D eigenvalue weighted by molar-refractivity contribution is 5.55. The second-order valence-corrected chi connectivity index (χ2v) is 7.66. The summed E-state index contributed by atoms with van der Waals surface area (Å²) in [5.41, 5.74) is 4.62. The van der Waals surface area contributed by atoms with E-state index in [-0.39, 0.29) is 10.8 Å². The first-order valence-electron chi connectivity index (χ1n) is 8.24. The Morgan fingerprint density at radius 3 is 2.21 bits per heavy atom. The van der Waals surface area contributed by atoms with Crippen LogP contribution in [0.2, 0.25) is 0 Å². The summed E-state index contributed by atoms with van der Waals surface area (Å²) in [5, 5.41) is 7.58. The molecule has 0 aliphatic heterocycles. The minimum absolute atomic E-state index is 0.0378. The monoisotopic (exact) mass is 320 g/mol. The first-order valence-corrected chi connectivity index (χ1v) is 8.24. The fourth-order valence-corrected chi connectivity index (χ4v) is 2.63. The molecule has 24 heavy (non-hydrogen) atoms. The van der Waals surface area contributed by atoms with E-state index in [9.17, 15) is 0 Å². The number of nitrogens with zero attached hydrogens (tertiary/aromatic N) is 3. The largest absolute Gasteiger partial charge is 0.281 e. The Bertz CT molecular complexity index is 826. The van der Waals surface area contributed by atoms with Crippen LogP contribution in [0.3, 0.4) is 0 Å². The van der Waals surface area contributed by atoms with Crippen molar-refractivity contribution in [3.05, 3.63) is 65.7 Å². The molecule has 0 aromatic carbocycles. The van der Waals surface area contributed by atoms with Gasteiger partial charge in [-0.05, 0) is 44.2 Å². The predicted molar refractivity (Wildman–Crippen MR) is 96.9 cm³/mol.